The van der Waals surface area contributed by atoms with Crippen molar-refractivity contribution < 1.29 is 4.79 Å². The van der Waals surface area contributed by atoms with Gasteiger partial charge in [-0.15, -0.1) is 0 Å². The molecule has 2 rings (SSSR count). The molecule has 0 spiro atoms. The average molecular weight is 309 g/mol. The van der Waals surface area contributed by atoms with Crippen LogP contribution in [-0.2, 0) is 11.3 Å². The Hall–Kier alpha value is -1.71. The van der Waals surface area contributed by atoms with Crippen molar-refractivity contribution in [3.05, 3.63) is 58.1 Å². The van der Waals surface area contributed by atoms with Crippen LogP contribution in [0.4, 0.5) is 11.4 Å². The number of carbonyl (C=O) groups excluding carboxylic acids is 1. The van der Waals surface area contributed by atoms with Gasteiger partial charge in [-0.3, -0.25) is 4.79 Å². The molecule has 0 saturated heterocycles. The molecule has 0 aliphatic rings. The first-order valence-corrected chi connectivity index (χ1v) is 6.86. The Labute approximate surface area is 127 Å². The summed E-state index contributed by atoms with van der Waals surface area (Å²) in [5.74, 6) is -0.0819. The van der Waals surface area contributed by atoms with Gasteiger partial charge in [0.1, 0.15) is 0 Å². The summed E-state index contributed by atoms with van der Waals surface area (Å²) in [4.78, 5) is 10.9. The van der Waals surface area contributed by atoms with Gasteiger partial charge in [0.2, 0.25) is 5.91 Å². The quantitative estimate of drug-likeness (QED) is 0.869. The largest absolute Gasteiger partial charge is 0.380 e. The number of hydrogen-bond acceptors (Lipinski definition) is 2. The molecule has 0 heterocycles. The maximum absolute atomic E-state index is 10.9. The number of halogens is 2. The van der Waals surface area contributed by atoms with Crippen molar-refractivity contribution in [2.24, 2.45) is 0 Å². The van der Waals surface area contributed by atoms with E-state index in [4.69, 9.17) is 23.2 Å². The van der Waals surface area contributed by atoms with E-state index in [1.807, 2.05) is 36.4 Å². The van der Waals surface area contributed by atoms with Gasteiger partial charge in [-0.1, -0.05) is 41.4 Å². The lowest BCUT2D eigenvalue weighted by atomic mass is 10.2. The van der Waals surface area contributed by atoms with E-state index in [9.17, 15) is 4.79 Å². The minimum absolute atomic E-state index is 0.0819. The molecule has 0 aliphatic heterocycles. The summed E-state index contributed by atoms with van der Waals surface area (Å²) in [7, 11) is 0. The molecule has 0 aromatic heterocycles. The minimum Gasteiger partial charge on any atom is -0.380 e. The molecule has 0 radical (unpaired) electrons. The molecular weight excluding hydrogens is 295 g/mol. The summed E-state index contributed by atoms with van der Waals surface area (Å²) >= 11 is 12.1. The number of amides is 1. The molecule has 0 fully saturated rings. The molecule has 0 atom stereocenters. The number of anilines is 2. The van der Waals surface area contributed by atoms with Crippen molar-refractivity contribution in [2.45, 2.75) is 13.5 Å². The van der Waals surface area contributed by atoms with E-state index in [2.05, 4.69) is 10.6 Å². The molecule has 0 saturated carbocycles. The fourth-order valence-corrected chi connectivity index (χ4v) is 2.11. The molecule has 2 N–H and O–H groups in total. The molecule has 5 heteroatoms. The van der Waals surface area contributed by atoms with Crippen LogP contribution in [0.3, 0.4) is 0 Å². The van der Waals surface area contributed by atoms with Crippen LogP contribution < -0.4 is 10.6 Å². The van der Waals surface area contributed by atoms with E-state index in [1.54, 1.807) is 6.07 Å². The minimum atomic E-state index is -0.0819. The van der Waals surface area contributed by atoms with Crippen molar-refractivity contribution >= 4 is 40.5 Å². The highest BCUT2D eigenvalue weighted by Crippen LogP contribution is 2.29. The Morgan fingerprint density at radius 2 is 1.80 bits per heavy atom. The number of carbonyl (C=O) groups is 1. The van der Waals surface area contributed by atoms with E-state index in [1.165, 1.54) is 6.92 Å². The summed E-state index contributed by atoms with van der Waals surface area (Å²) in [6, 6.07) is 13.1. The van der Waals surface area contributed by atoms with Gasteiger partial charge in [0, 0.05) is 19.2 Å². The van der Waals surface area contributed by atoms with Gasteiger partial charge in [0.05, 0.1) is 15.7 Å². The SMILES string of the molecule is CC(=O)Nc1ccc(CNc2cccc(Cl)c2Cl)cc1. The third kappa shape index (κ3) is 3.89. The Morgan fingerprint density at radius 1 is 1.10 bits per heavy atom. The molecule has 0 bridgehead atoms. The number of rotatable bonds is 4. The summed E-state index contributed by atoms with van der Waals surface area (Å²) in [5, 5.41) is 6.99. The van der Waals surface area contributed by atoms with E-state index < -0.39 is 0 Å². The lowest BCUT2D eigenvalue weighted by Crippen LogP contribution is -2.06. The third-order valence-corrected chi connectivity index (χ3v) is 3.53. The average Bonchev–Trinajstić information content (AvgIpc) is 2.41. The van der Waals surface area contributed by atoms with Crippen LogP contribution in [0.2, 0.25) is 10.0 Å². The van der Waals surface area contributed by atoms with Gasteiger partial charge in [0.15, 0.2) is 0 Å². The molecule has 2 aromatic carbocycles. The monoisotopic (exact) mass is 308 g/mol. The van der Waals surface area contributed by atoms with Gasteiger partial charge in [-0.2, -0.15) is 0 Å². The third-order valence-electron chi connectivity index (χ3n) is 2.71. The zero-order valence-corrected chi connectivity index (χ0v) is 12.4. The van der Waals surface area contributed by atoms with E-state index in [0.717, 1.165) is 16.9 Å². The second-order valence-corrected chi connectivity index (χ2v) is 5.12. The molecule has 0 aliphatic carbocycles. The highest BCUT2D eigenvalue weighted by Gasteiger charge is 2.03. The first-order valence-electron chi connectivity index (χ1n) is 6.10. The lowest BCUT2D eigenvalue weighted by Gasteiger charge is -2.10. The van der Waals surface area contributed by atoms with Crippen LogP contribution in [0.5, 0.6) is 0 Å². The van der Waals surface area contributed by atoms with E-state index in [-0.39, 0.29) is 5.91 Å². The molecule has 3 nitrogen and oxygen atoms in total. The molecule has 104 valence electrons. The van der Waals surface area contributed by atoms with Gasteiger partial charge >= 0.3 is 0 Å². The maximum atomic E-state index is 10.9. The van der Waals surface area contributed by atoms with E-state index >= 15 is 0 Å². The number of hydrogen-bond donors (Lipinski definition) is 2. The van der Waals surface area contributed by atoms with Crippen molar-refractivity contribution in [1.82, 2.24) is 0 Å². The van der Waals surface area contributed by atoms with Crippen molar-refractivity contribution in [3.8, 4) is 0 Å². The van der Waals surface area contributed by atoms with Crippen molar-refractivity contribution in [3.63, 3.8) is 0 Å². The second kappa shape index (κ2) is 6.64. The standard InChI is InChI=1S/C15H14Cl2N2O/c1-10(20)19-12-7-5-11(6-8-12)9-18-14-4-2-3-13(16)15(14)17/h2-8,18H,9H2,1H3,(H,19,20). The summed E-state index contributed by atoms with van der Waals surface area (Å²) in [6.07, 6.45) is 0. The summed E-state index contributed by atoms with van der Waals surface area (Å²) < 4.78 is 0. The fourth-order valence-electron chi connectivity index (χ4n) is 1.75. The van der Waals surface area contributed by atoms with Crippen LogP contribution in [-0.4, -0.2) is 5.91 Å². The van der Waals surface area contributed by atoms with Crippen LogP contribution in [0, 0.1) is 0 Å². The van der Waals surface area contributed by atoms with Crippen molar-refractivity contribution in [2.75, 3.05) is 10.6 Å². The van der Waals surface area contributed by atoms with Gasteiger partial charge in [0.25, 0.3) is 0 Å². The highest BCUT2D eigenvalue weighted by molar-refractivity contribution is 6.43. The topological polar surface area (TPSA) is 41.1 Å². The lowest BCUT2D eigenvalue weighted by molar-refractivity contribution is -0.114. The van der Waals surface area contributed by atoms with Gasteiger partial charge in [-0.05, 0) is 29.8 Å². The van der Waals surface area contributed by atoms with Crippen LogP contribution in [0.25, 0.3) is 0 Å². The molecule has 0 unspecified atom stereocenters. The number of nitrogens with one attached hydrogen (secondary N) is 2. The summed E-state index contributed by atoms with van der Waals surface area (Å²) in [5.41, 5.74) is 2.65. The Bertz CT molecular complexity index is 612. The first kappa shape index (κ1) is 14.7. The van der Waals surface area contributed by atoms with Crippen LogP contribution in [0.1, 0.15) is 12.5 Å². The van der Waals surface area contributed by atoms with Gasteiger partial charge < -0.3 is 10.6 Å². The van der Waals surface area contributed by atoms with E-state index in [0.29, 0.717) is 16.6 Å². The second-order valence-electron chi connectivity index (χ2n) is 4.33. The Morgan fingerprint density at radius 3 is 2.45 bits per heavy atom. The smallest absolute Gasteiger partial charge is 0.221 e. The predicted molar refractivity (Wildman–Crippen MR) is 84.5 cm³/mol. The number of benzene rings is 2. The summed E-state index contributed by atoms with van der Waals surface area (Å²) in [6.45, 7) is 2.11. The zero-order valence-electron chi connectivity index (χ0n) is 10.9. The highest BCUT2D eigenvalue weighted by atomic mass is 35.5. The first-order chi connectivity index (χ1) is 9.56. The van der Waals surface area contributed by atoms with Crippen molar-refractivity contribution in [1.29, 1.82) is 0 Å². The fraction of sp³-hybridized carbons (Fsp3) is 0.133. The Balaban J connectivity index is 2.00. The van der Waals surface area contributed by atoms with Gasteiger partial charge in [-0.25, -0.2) is 0 Å². The van der Waals surface area contributed by atoms with Crippen LogP contribution >= 0.6 is 23.2 Å². The maximum Gasteiger partial charge on any atom is 0.221 e. The normalized spacial score (nSPS) is 10.2. The molecule has 2 aromatic rings. The molecule has 20 heavy (non-hydrogen) atoms. The van der Waals surface area contributed by atoms with Crippen LogP contribution in [0.15, 0.2) is 42.5 Å². The Kier molecular flexibility index (Phi) is 4.88. The molecule has 1 amide bonds. The predicted octanol–water partition coefficient (Wildman–Crippen LogP) is 4.56. The zero-order chi connectivity index (χ0) is 14.5. The molecular formula is C15H14Cl2N2O.